The van der Waals surface area contributed by atoms with E-state index in [1.807, 2.05) is 19.1 Å². The maximum Gasteiger partial charge on any atom is 0.227 e. The van der Waals surface area contributed by atoms with Crippen molar-refractivity contribution >= 4 is 43.9 Å². The first kappa shape index (κ1) is 23.7. The van der Waals surface area contributed by atoms with Gasteiger partial charge in [-0.3, -0.25) is 4.57 Å². The van der Waals surface area contributed by atoms with E-state index < -0.39 is 0 Å². The summed E-state index contributed by atoms with van der Waals surface area (Å²) in [6.07, 6.45) is 0. The molecule has 0 aliphatic heterocycles. The maximum atomic E-state index is 6.25. The molecule has 3 heterocycles. The van der Waals surface area contributed by atoms with Crippen LogP contribution in [-0.2, 0) is 0 Å². The van der Waals surface area contributed by atoms with Gasteiger partial charge in [-0.2, -0.15) is 0 Å². The van der Waals surface area contributed by atoms with Gasteiger partial charge in [0.25, 0.3) is 0 Å². The van der Waals surface area contributed by atoms with Gasteiger partial charge in [0.15, 0.2) is 0 Å². The highest BCUT2D eigenvalue weighted by Gasteiger charge is 2.26. The van der Waals surface area contributed by atoms with Crippen LogP contribution in [0.2, 0.25) is 0 Å². The lowest BCUT2D eigenvalue weighted by Gasteiger charge is -2.25. The Hall–Kier alpha value is -4.44. The van der Waals surface area contributed by atoms with Crippen LogP contribution < -0.4 is 0 Å². The van der Waals surface area contributed by atoms with Crippen molar-refractivity contribution in [3.63, 3.8) is 0 Å². The van der Waals surface area contributed by atoms with Gasteiger partial charge < -0.3 is 4.42 Å². The van der Waals surface area contributed by atoms with Crippen LogP contribution in [0.15, 0.2) is 89.3 Å². The third-order valence-corrected chi connectivity index (χ3v) is 7.82. The van der Waals surface area contributed by atoms with Crippen molar-refractivity contribution in [3.8, 4) is 17.1 Å². The lowest BCUT2D eigenvalue weighted by Crippen LogP contribution is -2.09. The van der Waals surface area contributed by atoms with Crippen LogP contribution in [0.1, 0.15) is 56.4 Å². The number of nitrogens with zero attached hydrogens (tertiary/aromatic N) is 3. The fourth-order valence-corrected chi connectivity index (χ4v) is 6.08. The van der Waals surface area contributed by atoms with E-state index in [4.69, 9.17) is 9.40 Å². The molecule has 0 saturated carbocycles. The number of imidazole rings is 1. The quantitative estimate of drug-likeness (QED) is 0.237. The van der Waals surface area contributed by atoms with E-state index in [2.05, 4.69) is 110 Å². The molecule has 0 radical (unpaired) electrons. The Morgan fingerprint density at radius 2 is 1.54 bits per heavy atom. The highest BCUT2D eigenvalue weighted by molar-refractivity contribution is 6.11. The minimum absolute atomic E-state index is 0.315. The highest BCUT2D eigenvalue weighted by atomic mass is 16.3. The number of hydrogen-bond donors (Lipinski definition) is 0. The van der Waals surface area contributed by atoms with E-state index in [9.17, 15) is 0 Å². The number of furan rings is 1. The zero-order valence-electron chi connectivity index (χ0n) is 23.0. The van der Waals surface area contributed by atoms with Crippen LogP contribution in [0.3, 0.4) is 0 Å². The van der Waals surface area contributed by atoms with Crippen LogP contribution >= 0.6 is 0 Å². The van der Waals surface area contributed by atoms with Crippen LogP contribution in [0, 0.1) is 6.92 Å². The fourth-order valence-electron chi connectivity index (χ4n) is 6.08. The summed E-state index contributed by atoms with van der Waals surface area (Å²) in [5.74, 6) is 1.56. The van der Waals surface area contributed by atoms with Crippen molar-refractivity contribution in [2.75, 3.05) is 0 Å². The summed E-state index contributed by atoms with van der Waals surface area (Å²) >= 11 is 0. The molecular weight excluding hydrogens is 478 g/mol. The number of aryl methyl sites for hydroxylation is 1. The molecule has 7 aromatic rings. The molecule has 0 amide bonds. The highest BCUT2D eigenvalue weighted by Crippen LogP contribution is 2.43. The summed E-state index contributed by atoms with van der Waals surface area (Å²) < 4.78 is 8.65. The predicted octanol–water partition coefficient (Wildman–Crippen LogP) is 9.70. The zero-order chi connectivity index (χ0) is 26.8. The van der Waals surface area contributed by atoms with Crippen molar-refractivity contribution in [2.24, 2.45) is 0 Å². The number of pyridine rings is 1. The Balaban J connectivity index is 1.68. The van der Waals surface area contributed by atoms with Crippen LogP contribution in [0.25, 0.3) is 61.0 Å². The Bertz CT molecular complexity index is 2040. The second-order valence-electron chi connectivity index (χ2n) is 11.1. The first-order valence-corrected chi connectivity index (χ1v) is 13.7. The van der Waals surface area contributed by atoms with Crippen molar-refractivity contribution in [1.82, 2.24) is 14.5 Å². The van der Waals surface area contributed by atoms with Gasteiger partial charge in [0.2, 0.25) is 5.71 Å². The molecular formula is C35H31N3O. The number of hydrogen-bond acceptors (Lipinski definition) is 3. The third-order valence-electron chi connectivity index (χ3n) is 7.82. The molecule has 39 heavy (non-hydrogen) atoms. The summed E-state index contributed by atoms with van der Waals surface area (Å²) in [7, 11) is 0. The van der Waals surface area contributed by atoms with Gasteiger partial charge in [-0.1, -0.05) is 76.2 Å². The average Bonchev–Trinajstić information content (AvgIpc) is 3.49. The van der Waals surface area contributed by atoms with Gasteiger partial charge in [-0.25, -0.2) is 9.97 Å². The van der Waals surface area contributed by atoms with E-state index in [1.54, 1.807) is 0 Å². The molecule has 192 valence electrons. The van der Waals surface area contributed by atoms with Crippen molar-refractivity contribution < 1.29 is 4.42 Å². The summed E-state index contributed by atoms with van der Waals surface area (Å²) in [6, 6.07) is 30.0. The second-order valence-corrected chi connectivity index (χ2v) is 11.1. The minimum atomic E-state index is 0.315. The van der Waals surface area contributed by atoms with Crippen LogP contribution in [0.4, 0.5) is 0 Å². The molecule has 0 fully saturated rings. The Morgan fingerprint density at radius 3 is 2.36 bits per heavy atom. The van der Waals surface area contributed by atoms with E-state index in [-0.39, 0.29) is 0 Å². The first-order valence-electron chi connectivity index (χ1n) is 13.7. The lowest BCUT2D eigenvalue weighted by atomic mass is 9.87. The molecule has 0 saturated heterocycles. The number of rotatable bonds is 4. The second kappa shape index (κ2) is 8.81. The molecule has 0 N–H and O–H groups in total. The molecule has 4 heteroatoms. The summed E-state index contributed by atoms with van der Waals surface area (Å²) in [5, 5.41) is 4.64. The molecule has 4 nitrogen and oxygen atoms in total. The number of para-hydroxylation sites is 2. The number of benzene rings is 4. The third kappa shape index (κ3) is 3.59. The predicted molar refractivity (Wildman–Crippen MR) is 162 cm³/mol. The topological polar surface area (TPSA) is 43.9 Å². The summed E-state index contributed by atoms with van der Waals surface area (Å²) in [4.78, 5) is 9.98. The van der Waals surface area contributed by atoms with E-state index in [1.165, 1.54) is 27.6 Å². The SMILES string of the molecule is Cc1ccc2c(n1)oc1cccc(-c3nc4ccccc4n3-c3c(C(C)C)cc4ccccc4c3C(C)C)c12. The zero-order valence-corrected chi connectivity index (χ0v) is 23.0. The molecule has 7 rings (SSSR count). The molecule has 0 aliphatic carbocycles. The normalized spacial score (nSPS) is 12.2. The van der Waals surface area contributed by atoms with Gasteiger partial charge in [0.1, 0.15) is 11.4 Å². The van der Waals surface area contributed by atoms with Gasteiger partial charge >= 0.3 is 0 Å². The number of aromatic nitrogens is 3. The Labute approximate surface area is 227 Å². The summed E-state index contributed by atoms with van der Waals surface area (Å²) in [5.41, 5.74) is 9.46. The maximum absolute atomic E-state index is 6.25. The molecule has 0 bridgehead atoms. The molecule has 0 unspecified atom stereocenters. The van der Waals surface area contributed by atoms with Crippen molar-refractivity contribution in [2.45, 2.75) is 46.5 Å². The van der Waals surface area contributed by atoms with Gasteiger partial charge in [0.05, 0.1) is 16.7 Å². The largest absolute Gasteiger partial charge is 0.438 e. The van der Waals surface area contributed by atoms with Crippen LogP contribution in [-0.4, -0.2) is 14.5 Å². The van der Waals surface area contributed by atoms with E-state index in [0.29, 0.717) is 17.5 Å². The van der Waals surface area contributed by atoms with Crippen LogP contribution in [0.5, 0.6) is 0 Å². The van der Waals surface area contributed by atoms with Crippen molar-refractivity contribution in [3.05, 3.63) is 102 Å². The van der Waals surface area contributed by atoms with Gasteiger partial charge in [-0.15, -0.1) is 0 Å². The molecule has 0 aliphatic rings. The molecule has 0 atom stereocenters. The smallest absolute Gasteiger partial charge is 0.227 e. The summed E-state index contributed by atoms with van der Waals surface area (Å²) in [6.45, 7) is 11.2. The Kier molecular flexibility index (Phi) is 5.34. The molecule has 3 aromatic heterocycles. The van der Waals surface area contributed by atoms with Gasteiger partial charge in [0, 0.05) is 22.0 Å². The minimum Gasteiger partial charge on any atom is -0.438 e. The fraction of sp³-hybridized carbons (Fsp3) is 0.200. The average molecular weight is 510 g/mol. The first-order chi connectivity index (χ1) is 18.9. The van der Waals surface area contributed by atoms with E-state index >= 15 is 0 Å². The van der Waals surface area contributed by atoms with Gasteiger partial charge in [-0.05, 0) is 77.1 Å². The van der Waals surface area contributed by atoms with E-state index in [0.717, 1.165) is 44.5 Å². The number of fused-ring (bicyclic) bond motifs is 5. The Morgan fingerprint density at radius 1 is 0.744 bits per heavy atom. The van der Waals surface area contributed by atoms with Crippen molar-refractivity contribution in [1.29, 1.82) is 0 Å². The lowest BCUT2D eigenvalue weighted by molar-refractivity contribution is 0.652. The molecule has 4 aromatic carbocycles. The monoisotopic (exact) mass is 509 g/mol. The molecule has 0 spiro atoms. The standard InChI is InChI=1S/C35H31N3O/c1-20(2)27-19-23-11-6-7-12-24(23)31(21(3)4)33(27)38-29-15-9-8-14-28(29)37-34(38)25-13-10-16-30-32(25)26-18-17-22(5)36-35(26)39-30/h6-21H,1-5H3.